The summed E-state index contributed by atoms with van der Waals surface area (Å²) in [7, 11) is 3.97. The van der Waals surface area contributed by atoms with Gasteiger partial charge in [0.05, 0.1) is 0 Å². The zero-order valence-electron chi connectivity index (χ0n) is 8.06. The maximum Gasteiger partial charge on any atom is 0.127 e. The first-order valence-corrected chi connectivity index (χ1v) is 5.18. The van der Waals surface area contributed by atoms with Gasteiger partial charge in [0.1, 0.15) is 5.82 Å². The van der Waals surface area contributed by atoms with Gasteiger partial charge < -0.3 is 4.90 Å². The van der Waals surface area contributed by atoms with Crippen molar-refractivity contribution in [3.05, 3.63) is 32.6 Å². The largest absolute Gasteiger partial charge is 0.305 e. The topological polar surface area (TPSA) is 3.24 Å². The molecule has 1 nitrogen and oxygen atoms in total. The second kappa shape index (κ2) is 4.37. The van der Waals surface area contributed by atoms with Crippen molar-refractivity contribution in [1.29, 1.82) is 0 Å². The highest BCUT2D eigenvalue weighted by Gasteiger charge is 2.06. The zero-order valence-corrected chi connectivity index (χ0v) is 10.2. The maximum atomic E-state index is 13.3. The van der Waals surface area contributed by atoms with Crippen LogP contribution in [0.3, 0.4) is 0 Å². The molecule has 0 N–H and O–H groups in total. The number of rotatable bonds is 2. The summed E-state index contributed by atoms with van der Waals surface area (Å²) in [5.74, 6) is -0.108. The molecule has 0 aliphatic rings. The summed E-state index contributed by atoms with van der Waals surface area (Å²) in [4.78, 5) is 2.04. The van der Waals surface area contributed by atoms with Crippen LogP contribution in [0, 0.1) is 16.3 Å². The Morgan fingerprint density at radius 3 is 2.54 bits per heavy atom. The first-order valence-electron chi connectivity index (χ1n) is 4.10. The number of hydrogen-bond donors (Lipinski definition) is 0. The average Bonchev–Trinajstić information content (AvgIpc) is 1.98. The molecule has 0 spiro atoms. The van der Waals surface area contributed by atoms with Gasteiger partial charge >= 0.3 is 0 Å². The third kappa shape index (κ3) is 2.91. The first kappa shape index (κ1) is 10.9. The summed E-state index contributed by atoms with van der Waals surface area (Å²) in [6.45, 7) is 2.61. The molecule has 13 heavy (non-hydrogen) atoms. The quantitative estimate of drug-likeness (QED) is 0.758. The summed E-state index contributed by atoms with van der Waals surface area (Å²) < 4.78 is 14.2. The van der Waals surface area contributed by atoms with Crippen LogP contribution in [-0.2, 0) is 6.54 Å². The lowest BCUT2D eigenvalue weighted by Crippen LogP contribution is -2.12. The molecule has 1 aromatic rings. The van der Waals surface area contributed by atoms with Crippen molar-refractivity contribution in [2.45, 2.75) is 13.5 Å². The van der Waals surface area contributed by atoms with Crippen molar-refractivity contribution in [1.82, 2.24) is 4.90 Å². The Labute approximate surface area is 92.1 Å². The Bertz CT molecular complexity index is 310. The molecule has 3 heteroatoms. The molecule has 0 aliphatic heterocycles. The van der Waals surface area contributed by atoms with E-state index < -0.39 is 0 Å². The standard InChI is InChI=1S/C10H13FIN/c1-7-8(6-13(2)3)4-9(12)5-10(7)11/h4-5H,6H2,1-3H3. The van der Waals surface area contributed by atoms with Crippen molar-refractivity contribution in [2.24, 2.45) is 0 Å². The number of hydrogen-bond acceptors (Lipinski definition) is 1. The fraction of sp³-hybridized carbons (Fsp3) is 0.400. The Morgan fingerprint density at radius 1 is 1.38 bits per heavy atom. The lowest BCUT2D eigenvalue weighted by Gasteiger charge is -2.13. The fourth-order valence-electron chi connectivity index (χ4n) is 1.20. The molecule has 0 saturated heterocycles. The van der Waals surface area contributed by atoms with Crippen LogP contribution in [0.4, 0.5) is 4.39 Å². The summed E-state index contributed by atoms with van der Waals surface area (Å²) in [6.07, 6.45) is 0. The van der Waals surface area contributed by atoms with Crippen LogP contribution in [-0.4, -0.2) is 19.0 Å². The molecule has 0 bridgehead atoms. The summed E-state index contributed by atoms with van der Waals surface area (Å²) >= 11 is 2.14. The van der Waals surface area contributed by atoms with E-state index in [1.807, 2.05) is 32.0 Å². The van der Waals surface area contributed by atoms with Gasteiger partial charge in [-0.3, -0.25) is 0 Å². The van der Waals surface area contributed by atoms with Crippen LogP contribution in [0.5, 0.6) is 0 Å². The highest BCUT2D eigenvalue weighted by atomic mass is 127. The summed E-state index contributed by atoms with van der Waals surface area (Å²) in [6, 6.07) is 3.59. The molecule has 0 unspecified atom stereocenters. The van der Waals surface area contributed by atoms with Crippen molar-refractivity contribution < 1.29 is 4.39 Å². The molecular weight excluding hydrogens is 280 g/mol. The van der Waals surface area contributed by atoms with E-state index in [1.54, 1.807) is 6.07 Å². The van der Waals surface area contributed by atoms with Gasteiger partial charge in [0.15, 0.2) is 0 Å². The molecule has 72 valence electrons. The molecule has 0 amide bonds. The predicted molar refractivity (Wildman–Crippen MR) is 61.2 cm³/mol. The molecule has 0 fully saturated rings. The van der Waals surface area contributed by atoms with Crippen LogP contribution >= 0.6 is 22.6 Å². The molecule has 0 saturated carbocycles. The number of halogens is 2. The van der Waals surface area contributed by atoms with Gasteiger partial charge in [-0.1, -0.05) is 0 Å². The molecule has 1 rings (SSSR count). The van der Waals surface area contributed by atoms with Crippen molar-refractivity contribution >= 4 is 22.6 Å². The van der Waals surface area contributed by atoms with Crippen molar-refractivity contribution in [2.75, 3.05) is 14.1 Å². The molecular formula is C10H13FIN. The second-order valence-corrected chi connectivity index (χ2v) is 4.66. The van der Waals surface area contributed by atoms with E-state index in [4.69, 9.17) is 0 Å². The average molecular weight is 293 g/mol. The Hall–Kier alpha value is -0.160. The molecule has 1 aromatic carbocycles. The molecule has 0 aliphatic carbocycles. The Morgan fingerprint density at radius 2 is 2.00 bits per heavy atom. The Kier molecular flexibility index (Phi) is 3.67. The van der Waals surface area contributed by atoms with Crippen LogP contribution < -0.4 is 0 Å². The van der Waals surface area contributed by atoms with Gasteiger partial charge in [0.2, 0.25) is 0 Å². The van der Waals surface area contributed by atoms with Crippen LogP contribution in [0.15, 0.2) is 12.1 Å². The first-order chi connectivity index (χ1) is 6.00. The predicted octanol–water partition coefficient (Wildman–Crippen LogP) is 2.80. The van der Waals surface area contributed by atoms with E-state index in [0.717, 1.165) is 21.2 Å². The van der Waals surface area contributed by atoms with E-state index in [-0.39, 0.29) is 5.82 Å². The molecule has 0 radical (unpaired) electrons. The lowest BCUT2D eigenvalue weighted by molar-refractivity contribution is 0.400. The third-order valence-electron chi connectivity index (χ3n) is 1.90. The Balaban J connectivity index is 3.05. The molecule has 0 heterocycles. The van der Waals surface area contributed by atoms with Gasteiger partial charge in [0, 0.05) is 10.1 Å². The molecule has 0 aromatic heterocycles. The monoisotopic (exact) mass is 293 g/mol. The zero-order chi connectivity index (χ0) is 10.0. The smallest absolute Gasteiger partial charge is 0.127 e. The highest BCUT2D eigenvalue weighted by molar-refractivity contribution is 14.1. The lowest BCUT2D eigenvalue weighted by atomic mass is 10.1. The maximum absolute atomic E-state index is 13.3. The van der Waals surface area contributed by atoms with Crippen molar-refractivity contribution in [3.63, 3.8) is 0 Å². The van der Waals surface area contributed by atoms with Gasteiger partial charge in [-0.15, -0.1) is 0 Å². The highest BCUT2D eigenvalue weighted by Crippen LogP contribution is 2.18. The summed E-state index contributed by atoms with van der Waals surface area (Å²) in [5, 5.41) is 0. The SMILES string of the molecule is Cc1c(F)cc(I)cc1CN(C)C. The van der Waals surface area contributed by atoms with Gasteiger partial charge in [-0.05, 0) is 66.9 Å². The third-order valence-corrected chi connectivity index (χ3v) is 2.53. The van der Waals surface area contributed by atoms with E-state index in [9.17, 15) is 4.39 Å². The minimum absolute atomic E-state index is 0.108. The van der Waals surface area contributed by atoms with E-state index in [2.05, 4.69) is 22.6 Å². The number of benzene rings is 1. The van der Waals surface area contributed by atoms with Crippen molar-refractivity contribution in [3.8, 4) is 0 Å². The number of nitrogens with zero attached hydrogens (tertiary/aromatic N) is 1. The summed E-state index contributed by atoms with van der Waals surface area (Å²) in [5.41, 5.74) is 1.82. The van der Waals surface area contributed by atoms with Gasteiger partial charge in [-0.2, -0.15) is 0 Å². The van der Waals surface area contributed by atoms with Crippen LogP contribution in [0.2, 0.25) is 0 Å². The van der Waals surface area contributed by atoms with E-state index in [1.165, 1.54) is 0 Å². The van der Waals surface area contributed by atoms with E-state index in [0.29, 0.717) is 0 Å². The van der Waals surface area contributed by atoms with E-state index >= 15 is 0 Å². The minimum atomic E-state index is -0.108. The minimum Gasteiger partial charge on any atom is -0.305 e. The van der Waals surface area contributed by atoms with Gasteiger partial charge in [-0.25, -0.2) is 4.39 Å². The van der Waals surface area contributed by atoms with Crippen LogP contribution in [0.1, 0.15) is 11.1 Å². The normalized spacial score (nSPS) is 10.9. The fourth-order valence-corrected chi connectivity index (χ4v) is 1.85. The molecule has 0 atom stereocenters. The van der Waals surface area contributed by atoms with Gasteiger partial charge in [0.25, 0.3) is 0 Å². The van der Waals surface area contributed by atoms with Crippen LogP contribution in [0.25, 0.3) is 0 Å². The second-order valence-electron chi connectivity index (χ2n) is 3.41.